The van der Waals surface area contributed by atoms with E-state index in [-0.39, 0.29) is 17.5 Å². The van der Waals surface area contributed by atoms with Gasteiger partial charge in [0.25, 0.3) is 5.56 Å². The highest BCUT2D eigenvalue weighted by atomic mass is 16.5. The van der Waals surface area contributed by atoms with Crippen molar-refractivity contribution in [2.75, 3.05) is 32.1 Å². The van der Waals surface area contributed by atoms with E-state index in [4.69, 9.17) is 4.74 Å². The lowest BCUT2D eigenvalue weighted by molar-refractivity contribution is -0.126. The smallest absolute Gasteiger partial charge is 0.271 e. The third kappa shape index (κ3) is 6.42. The molecule has 0 bridgehead atoms. The molecule has 1 aliphatic heterocycles. The first-order chi connectivity index (χ1) is 15.0. The molecule has 1 amide bonds. The molecule has 8 heteroatoms. The molecule has 0 atom stereocenters. The minimum Gasteiger partial charge on any atom is -0.481 e. The first kappa shape index (κ1) is 22.6. The van der Waals surface area contributed by atoms with Gasteiger partial charge in [-0.3, -0.25) is 9.59 Å². The molecule has 3 rings (SSSR count). The Bertz CT molecular complexity index is 962. The summed E-state index contributed by atoms with van der Waals surface area (Å²) >= 11 is 0. The van der Waals surface area contributed by atoms with Crippen LogP contribution in [0.4, 0.5) is 5.69 Å². The highest BCUT2D eigenvalue weighted by molar-refractivity contribution is 5.87. The Morgan fingerprint density at radius 3 is 2.81 bits per heavy atom. The number of nitrogens with zero attached hydrogens (tertiary/aromatic N) is 2. The molecule has 0 radical (unpaired) electrons. The molecule has 3 heterocycles. The summed E-state index contributed by atoms with van der Waals surface area (Å²) in [5, 5.41) is 6.61. The molecule has 3 N–H and O–H groups in total. The van der Waals surface area contributed by atoms with Crippen LogP contribution >= 0.6 is 0 Å². The number of hydrogen-bond donors (Lipinski definition) is 3. The number of hydrogen-bond acceptors (Lipinski definition) is 6. The van der Waals surface area contributed by atoms with Crippen molar-refractivity contribution >= 4 is 11.6 Å². The molecule has 31 heavy (non-hydrogen) atoms. The number of ether oxygens (including phenoxy) is 1. The molecule has 0 unspecified atom stereocenters. The summed E-state index contributed by atoms with van der Waals surface area (Å²) < 4.78 is 5.18. The molecule has 2 aromatic heterocycles. The van der Waals surface area contributed by atoms with E-state index in [0.29, 0.717) is 37.2 Å². The molecule has 1 saturated heterocycles. The maximum absolute atomic E-state index is 12.3. The summed E-state index contributed by atoms with van der Waals surface area (Å²) in [6, 6.07) is 6.07. The van der Waals surface area contributed by atoms with Crippen molar-refractivity contribution < 1.29 is 9.53 Å². The molecular formula is C23H31N5O3. The second-order valence-electron chi connectivity index (χ2n) is 7.93. The number of aromatic amines is 1. The van der Waals surface area contributed by atoms with Crippen LogP contribution in [0.1, 0.15) is 26.7 Å². The number of anilines is 1. The number of rotatable bonds is 8. The van der Waals surface area contributed by atoms with Crippen LogP contribution in [0.15, 0.2) is 47.5 Å². The minimum atomic E-state index is -0.163. The van der Waals surface area contributed by atoms with Crippen LogP contribution < -0.4 is 20.9 Å². The predicted octanol–water partition coefficient (Wildman–Crippen LogP) is 2.40. The number of carbonyl (C=O) groups excluding carboxylic acids is 1. The summed E-state index contributed by atoms with van der Waals surface area (Å²) in [4.78, 5) is 33.4. The normalized spacial score (nSPS) is 14.9. The van der Waals surface area contributed by atoms with Crippen molar-refractivity contribution in [2.45, 2.75) is 38.8 Å². The standard InChI is InChI=1S/C23H31N5O3/c1-16(2)24-9-4-5-22(29)28-11-7-19(8-12-28)27-20-13-18(15-26-23(20)30)17-6-10-25-21(14-17)31-3/h4-6,10,13-16,19,24,27H,7-9,11-12H2,1-3H3,(H,26,30). The van der Waals surface area contributed by atoms with Gasteiger partial charge in [-0.05, 0) is 30.5 Å². The number of methoxy groups -OCH3 is 1. The van der Waals surface area contributed by atoms with Gasteiger partial charge < -0.3 is 25.3 Å². The minimum absolute atomic E-state index is 0.0375. The van der Waals surface area contributed by atoms with Gasteiger partial charge in [-0.15, -0.1) is 0 Å². The number of piperidine rings is 1. The van der Waals surface area contributed by atoms with Crippen molar-refractivity contribution in [3.05, 3.63) is 53.1 Å². The van der Waals surface area contributed by atoms with E-state index in [0.717, 1.165) is 24.0 Å². The zero-order valence-corrected chi connectivity index (χ0v) is 18.4. The van der Waals surface area contributed by atoms with Crippen LogP contribution in [0.2, 0.25) is 0 Å². The molecule has 0 saturated carbocycles. The molecule has 1 fully saturated rings. The van der Waals surface area contributed by atoms with E-state index in [9.17, 15) is 9.59 Å². The van der Waals surface area contributed by atoms with Gasteiger partial charge in [-0.25, -0.2) is 4.98 Å². The Morgan fingerprint density at radius 1 is 1.32 bits per heavy atom. The van der Waals surface area contributed by atoms with Crippen molar-refractivity contribution in [3.63, 3.8) is 0 Å². The Kier molecular flexibility index (Phi) is 7.83. The van der Waals surface area contributed by atoms with Gasteiger partial charge in [-0.1, -0.05) is 19.9 Å². The van der Waals surface area contributed by atoms with E-state index >= 15 is 0 Å². The molecule has 0 spiro atoms. The maximum atomic E-state index is 12.3. The van der Waals surface area contributed by atoms with Gasteiger partial charge in [0.15, 0.2) is 0 Å². The summed E-state index contributed by atoms with van der Waals surface area (Å²) in [6.45, 7) is 6.16. The lowest BCUT2D eigenvalue weighted by atomic mass is 10.0. The van der Waals surface area contributed by atoms with Gasteiger partial charge in [0.2, 0.25) is 11.8 Å². The lowest BCUT2D eigenvalue weighted by Crippen LogP contribution is -2.42. The van der Waals surface area contributed by atoms with Crippen molar-refractivity contribution in [1.82, 2.24) is 20.2 Å². The number of aromatic nitrogens is 2. The summed E-state index contributed by atoms with van der Waals surface area (Å²) in [6.07, 6.45) is 8.44. The highest BCUT2D eigenvalue weighted by Crippen LogP contribution is 2.23. The van der Waals surface area contributed by atoms with Crippen LogP contribution in [-0.4, -0.2) is 59.6 Å². The van der Waals surface area contributed by atoms with Gasteiger partial charge >= 0.3 is 0 Å². The van der Waals surface area contributed by atoms with Crippen LogP contribution in [0.5, 0.6) is 5.88 Å². The number of likely N-dealkylation sites (tertiary alicyclic amines) is 1. The molecule has 0 aromatic carbocycles. The van der Waals surface area contributed by atoms with E-state index < -0.39 is 0 Å². The average molecular weight is 426 g/mol. The second kappa shape index (κ2) is 10.8. The largest absolute Gasteiger partial charge is 0.481 e. The fraction of sp³-hybridized carbons (Fsp3) is 0.435. The Balaban J connectivity index is 1.58. The third-order valence-electron chi connectivity index (χ3n) is 5.25. The summed E-state index contributed by atoms with van der Waals surface area (Å²) in [7, 11) is 1.57. The van der Waals surface area contributed by atoms with E-state index in [2.05, 4.69) is 34.4 Å². The first-order valence-corrected chi connectivity index (χ1v) is 10.6. The van der Waals surface area contributed by atoms with Crippen LogP contribution in [-0.2, 0) is 4.79 Å². The van der Waals surface area contributed by atoms with Gasteiger partial charge in [0.05, 0.1) is 7.11 Å². The summed E-state index contributed by atoms with van der Waals surface area (Å²) in [5.41, 5.74) is 2.14. The van der Waals surface area contributed by atoms with E-state index in [1.54, 1.807) is 25.6 Å². The topological polar surface area (TPSA) is 99.4 Å². The zero-order chi connectivity index (χ0) is 22.2. The fourth-order valence-corrected chi connectivity index (χ4v) is 3.49. The van der Waals surface area contributed by atoms with Gasteiger partial charge in [-0.2, -0.15) is 0 Å². The number of amides is 1. The quantitative estimate of drug-likeness (QED) is 0.562. The molecule has 166 valence electrons. The number of pyridine rings is 2. The van der Waals surface area contributed by atoms with E-state index in [1.807, 2.05) is 29.2 Å². The van der Waals surface area contributed by atoms with Gasteiger partial charge in [0.1, 0.15) is 5.69 Å². The maximum Gasteiger partial charge on any atom is 0.271 e. The number of carbonyl (C=O) groups is 1. The Morgan fingerprint density at radius 2 is 2.10 bits per heavy atom. The molecular weight excluding hydrogens is 394 g/mol. The van der Waals surface area contributed by atoms with Crippen LogP contribution in [0.3, 0.4) is 0 Å². The molecule has 0 aliphatic carbocycles. The lowest BCUT2D eigenvalue weighted by Gasteiger charge is -2.32. The van der Waals surface area contributed by atoms with Crippen molar-refractivity contribution in [3.8, 4) is 17.0 Å². The zero-order valence-electron chi connectivity index (χ0n) is 18.4. The third-order valence-corrected chi connectivity index (χ3v) is 5.25. The highest BCUT2D eigenvalue weighted by Gasteiger charge is 2.22. The molecule has 2 aromatic rings. The van der Waals surface area contributed by atoms with Gasteiger partial charge in [0, 0.05) is 61.8 Å². The fourth-order valence-electron chi connectivity index (χ4n) is 3.49. The first-order valence-electron chi connectivity index (χ1n) is 10.6. The number of nitrogens with one attached hydrogen (secondary N) is 3. The predicted molar refractivity (Wildman–Crippen MR) is 122 cm³/mol. The van der Waals surface area contributed by atoms with E-state index in [1.165, 1.54) is 0 Å². The molecule has 8 nitrogen and oxygen atoms in total. The number of H-pyrrole nitrogens is 1. The SMILES string of the molecule is COc1cc(-c2c[nH]c(=O)c(NC3CCN(C(=O)C=CCNC(C)C)CC3)c2)ccn1. The monoisotopic (exact) mass is 425 g/mol. The van der Waals surface area contributed by atoms with Crippen molar-refractivity contribution in [1.29, 1.82) is 0 Å². The average Bonchev–Trinajstić information content (AvgIpc) is 2.78. The summed E-state index contributed by atoms with van der Waals surface area (Å²) in [5.74, 6) is 0.555. The Hall–Kier alpha value is -3.13. The van der Waals surface area contributed by atoms with Crippen LogP contribution in [0, 0.1) is 0 Å². The molecule has 1 aliphatic rings. The van der Waals surface area contributed by atoms with Crippen molar-refractivity contribution in [2.24, 2.45) is 0 Å². The Labute approximate surface area is 182 Å². The second-order valence-corrected chi connectivity index (χ2v) is 7.93. The van der Waals surface area contributed by atoms with Crippen LogP contribution in [0.25, 0.3) is 11.1 Å².